The lowest BCUT2D eigenvalue weighted by Gasteiger charge is -2.15. The van der Waals surface area contributed by atoms with Gasteiger partial charge in [0.1, 0.15) is 11.6 Å². The molecule has 1 aromatic carbocycles. The second-order valence-corrected chi connectivity index (χ2v) is 5.13. The lowest BCUT2D eigenvalue weighted by molar-refractivity contribution is 0.152. The van der Waals surface area contributed by atoms with Crippen molar-refractivity contribution < 1.29 is 14.2 Å². The fourth-order valence-electron chi connectivity index (χ4n) is 2.75. The maximum atomic E-state index is 13.7. The molecule has 0 radical (unpaired) electrons. The van der Waals surface area contributed by atoms with Crippen molar-refractivity contribution in [2.24, 2.45) is 5.92 Å². The molecule has 3 heteroatoms. The monoisotopic (exact) mass is 252 g/mol. The summed E-state index contributed by atoms with van der Waals surface area (Å²) in [5.74, 6) is 0.827. The smallest absolute Gasteiger partial charge is 0.132 e. The van der Waals surface area contributed by atoms with Gasteiger partial charge < -0.3 is 9.84 Å². The first kappa shape index (κ1) is 13.3. The van der Waals surface area contributed by atoms with Gasteiger partial charge >= 0.3 is 0 Å². The molecule has 0 heterocycles. The summed E-state index contributed by atoms with van der Waals surface area (Å²) < 4.78 is 18.7. The molecular weight excluding hydrogens is 231 g/mol. The van der Waals surface area contributed by atoms with Crippen LogP contribution in [0.3, 0.4) is 0 Å². The standard InChI is InChI=1S/C15H21FO2/c1-18-12-7-8-13(14(16)10-12)15(17)9-6-11-4-2-3-5-11/h7-8,10-11,15,17H,2-6,9H2,1H3. The van der Waals surface area contributed by atoms with Crippen LogP contribution < -0.4 is 4.74 Å². The van der Waals surface area contributed by atoms with Crippen LogP contribution in [0.15, 0.2) is 18.2 Å². The molecule has 0 amide bonds. The molecule has 0 aliphatic heterocycles. The highest BCUT2D eigenvalue weighted by Crippen LogP contribution is 2.32. The Labute approximate surface area is 108 Å². The molecule has 1 aliphatic carbocycles. The molecule has 2 rings (SSSR count). The first-order valence-corrected chi connectivity index (χ1v) is 6.72. The van der Waals surface area contributed by atoms with Crippen LogP contribution in [-0.4, -0.2) is 12.2 Å². The Morgan fingerprint density at radius 3 is 2.72 bits per heavy atom. The second-order valence-electron chi connectivity index (χ2n) is 5.13. The minimum atomic E-state index is -0.698. The van der Waals surface area contributed by atoms with Crippen molar-refractivity contribution in [2.45, 2.75) is 44.6 Å². The minimum absolute atomic E-state index is 0.381. The number of methoxy groups -OCH3 is 1. The average Bonchev–Trinajstić information content (AvgIpc) is 2.88. The van der Waals surface area contributed by atoms with Gasteiger partial charge in [0.15, 0.2) is 0 Å². The van der Waals surface area contributed by atoms with Gasteiger partial charge in [0.2, 0.25) is 0 Å². The highest BCUT2D eigenvalue weighted by atomic mass is 19.1. The van der Waals surface area contributed by atoms with E-state index in [4.69, 9.17) is 4.74 Å². The van der Waals surface area contributed by atoms with E-state index in [9.17, 15) is 9.50 Å². The van der Waals surface area contributed by atoms with E-state index < -0.39 is 6.10 Å². The maximum Gasteiger partial charge on any atom is 0.132 e. The van der Waals surface area contributed by atoms with Gasteiger partial charge in [-0.05, 0) is 30.9 Å². The third kappa shape index (κ3) is 3.22. The fourth-order valence-corrected chi connectivity index (χ4v) is 2.75. The molecule has 1 atom stereocenters. The topological polar surface area (TPSA) is 29.5 Å². The van der Waals surface area contributed by atoms with Crippen molar-refractivity contribution in [2.75, 3.05) is 7.11 Å². The molecule has 0 aromatic heterocycles. The predicted molar refractivity (Wildman–Crippen MR) is 69.1 cm³/mol. The van der Waals surface area contributed by atoms with Gasteiger partial charge in [-0.15, -0.1) is 0 Å². The first-order valence-electron chi connectivity index (χ1n) is 6.72. The van der Waals surface area contributed by atoms with Gasteiger partial charge in [-0.2, -0.15) is 0 Å². The van der Waals surface area contributed by atoms with Gasteiger partial charge in [-0.3, -0.25) is 0 Å². The van der Waals surface area contributed by atoms with E-state index >= 15 is 0 Å². The minimum Gasteiger partial charge on any atom is -0.497 e. The van der Waals surface area contributed by atoms with Crippen molar-refractivity contribution in [3.05, 3.63) is 29.6 Å². The molecule has 1 saturated carbocycles. The number of hydrogen-bond donors (Lipinski definition) is 1. The molecule has 0 bridgehead atoms. The van der Waals surface area contributed by atoms with E-state index in [1.807, 2.05) is 0 Å². The summed E-state index contributed by atoms with van der Waals surface area (Å²) in [6, 6.07) is 4.64. The highest BCUT2D eigenvalue weighted by Gasteiger charge is 2.19. The van der Waals surface area contributed by atoms with E-state index in [0.717, 1.165) is 12.3 Å². The molecule has 1 unspecified atom stereocenters. The normalized spacial score (nSPS) is 17.9. The third-order valence-corrected chi connectivity index (χ3v) is 3.89. The first-order chi connectivity index (χ1) is 8.70. The van der Waals surface area contributed by atoms with Crippen molar-refractivity contribution in [3.63, 3.8) is 0 Å². The molecule has 0 spiro atoms. The zero-order valence-corrected chi connectivity index (χ0v) is 10.9. The summed E-state index contributed by atoms with van der Waals surface area (Å²) in [6.07, 6.45) is 6.07. The third-order valence-electron chi connectivity index (χ3n) is 3.89. The largest absolute Gasteiger partial charge is 0.497 e. The molecule has 0 saturated heterocycles. The summed E-state index contributed by atoms with van der Waals surface area (Å²) in [7, 11) is 1.50. The number of aliphatic hydroxyl groups excluding tert-OH is 1. The van der Waals surface area contributed by atoms with E-state index in [1.165, 1.54) is 38.9 Å². The summed E-state index contributed by atoms with van der Waals surface area (Å²) >= 11 is 0. The molecule has 1 aliphatic rings. The molecular formula is C15H21FO2. The van der Waals surface area contributed by atoms with Crippen molar-refractivity contribution >= 4 is 0 Å². The number of halogens is 1. The molecule has 1 aromatic rings. The van der Waals surface area contributed by atoms with Crippen LogP contribution in [0.25, 0.3) is 0 Å². The Kier molecular flexibility index (Phi) is 4.59. The lowest BCUT2D eigenvalue weighted by atomic mass is 9.96. The van der Waals surface area contributed by atoms with E-state index in [1.54, 1.807) is 12.1 Å². The van der Waals surface area contributed by atoms with E-state index in [-0.39, 0.29) is 5.82 Å². The Hall–Kier alpha value is -1.09. The van der Waals surface area contributed by atoms with Crippen molar-refractivity contribution in [3.8, 4) is 5.75 Å². The van der Waals surface area contributed by atoms with Gasteiger partial charge in [0.05, 0.1) is 13.2 Å². The van der Waals surface area contributed by atoms with Gasteiger partial charge in [-0.25, -0.2) is 4.39 Å². The Balaban J connectivity index is 1.93. The molecule has 18 heavy (non-hydrogen) atoms. The number of aliphatic hydroxyl groups is 1. The van der Waals surface area contributed by atoms with Crippen LogP contribution in [0.1, 0.15) is 50.2 Å². The van der Waals surface area contributed by atoms with Crippen LogP contribution >= 0.6 is 0 Å². The summed E-state index contributed by atoms with van der Waals surface area (Å²) in [4.78, 5) is 0. The zero-order valence-electron chi connectivity index (χ0n) is 10.9. The average molecular weight is 252 g/mol. The molecule has 100 valence electrons. The quantitative estimate of drug-likeness (QED) is 0.862. The van der Waals surface area contributed by atoms with E-state index in [2.05, 4.69) is 0 Å². The molecule has 2 nitrogen and oxygen atoms in total. The molecule has 1 N–H and O–H groups in total. The fraction of sp³-hybridized carbons (Fsp3) is 0.600. The number of benzene rings is 1. The summed E-state index contributed by atoms with van der Waals surface area (Å²) in [5, 5.41) is 10.0. The Morgan fingerprint density at radius 1 is 1.39 bits per heavy atom. The Morgan fingerprint density at radius 2 is 2.11 bits per heavy atom. The number of rotatable bonds is 5. The van der Waals surface area contributed by atoms with Crippen LogP contribution in [-0.2, 0) is 0 Å². The SMILES string of the molecule is COc1ccc(C(O)CCC2CCCC2)c(F)c1. The maximum absolute atomic E-state index is 13.7. The summed E-state index contributed by atoms with van der Waals surface area (Å²) in [5.41, 5.74) is 0.383. The second kappa shape index (κ2) is 6.19. The van der Waals surface area contributed by atoms with Crippen LogP contribution in [0, 0.1) is 11.7 Å². The van der Waals surface area contributed by atoms with E-state index in [0.29, 0.717) is 17.7 Å². The van der Waals surface area contributed by atoms with Crippen LogP contribution in [0.5, 0.6) is 5.75 Å². The highest BCUT2D eigenvalue weighted by molar-refractivity contribution is 5.30. The van der Waals surface area contributed by atoms with Gasteiger partial charge in [-0.1, -0.05) is 25.7 Å². The Bertz CT molecular complexity index is 386. The predicted octanol–water partition coefficient (Wildman–Crippen LogP) is 3.84. The van der Waals surface area contributed by atoms with Crippen LogP contribution in [0.2, 0.25) is 0 Å². The zero-order chi connectivity index (χ0) is 13.0. The molecule has 1 fully saturated rings. The van der Waals surface area contributed by atoms with Crippen LogP contribution in [0.4, 0.5) is 4.39 Å². The van der Waals surface area contributed by atoms with Gasteiger partial charge in [0, 0.05) is 11.6 Å². The van der Waals surface area contributed by atoms with Gasteiger partial charge in [0.25, 0.3) is 0 Å². The number of hydrogen-bond acceptors (Lipinski definition) is 2. The lowest BCUT2D eigenvalue weighted by Crippen LogP contribution is -2.04. The van der Waals surface area contributed by atoms with Crippen molar-refractivity contribution in [1.82, 2.24) is 0 Å². The number of ether oxygens (including phenoxy) is 1. The van der Waals surface area contributed by atoms with Crippen molar-refractivity contribution in [1.29, 1.82) is 0 Å². The summed E-state index contributed by atoms with van der Waals surface area (Å²) in [6.45, 7) is 0.